The van der Waals surface area contributed by atoms with Crippen molar-refractivity contribution in [3.63, 3.8) is 0 Å². The van der Waals surface area contributed by atoms with E-state index in [0.717, 1.165) is 49.8 Å². The highest BCUT2D eigenvalue weighted by atomic mass is 16.4. The second-order valence-corrected chi connectivity index (χ2v) is 20.4. The highest BCUT2D eigenvalue weighted by molar-refractivity contribution is 6.00. The van der Waals surface area contributed by atoms with E-state index in [1.165, 1.54) is 30.7 Å². The van der Waals surface area contributed by atoms with Crippen molar-refractivity contribution in [3.8, 4) is 5.75 Å². The van der Waals surface area contributed by atoms with Crippen molar-refractivity contribution in [1.82, 2.24) is 42.1 Å². The Hall–Kier alpha value is -7.87. The van der Waals surface area contributed by atoms with Gasteiger partial charge in [-0.3, -0.25) is 62.3 Å². The molecule has 1 aromatic rings. The SMILES string of the molecule is CCC(C)CCCCCCCCCC[C@H]1CC(=O)N[C@@H](CC(=O)O)C(=O)N[C@H](Cc2ccc(O)cc2)C(=O)N[C@H](CC(N)=O)C(=O)N[C@@H](CCC(N)=O)C(=O)N2CCC[C@@H]2C(=O)N[C@H](CC(N)=O)C(=O)N[C@@H](CC(N)=O)C(=O)N1. The van der Waals surface area contributed by atoms with Crippen LogP contribution in [0.2, 0.25) is 0 Å². The van der Waals surface area contributed by atoms with Gasteiger partial charge in [0, 0.05) is 31.8 Å². The fraction of sp³-hybridized carbons (Fsp3) is 0.635. The Morgan fingerprint density at radius 2 is 1.03 bits per heavy atom. The van der Waals surface area contributed by atoms with Gasteiger partial charge in [-0.05, 0) is 49.3 Å². The molecule has 0 saturated carbocycles. The number of benzene rings is 1. The Morgan fingerprint density at radius 1 is 0.570 bits per heavy atom. The lowest BCUT2D eigenvalue weighted by atomic mass is 9.99. The Balaban J connectivity index is 2.13. The first kappa shape index (κ1) is 65.4. The number of fused-ring (bicyclic) bond motifs is 1. The van der Waals surface area contributed by atoms with Crippen LogP contribution in [0.5, 0.6) is 5.75 Å². The van der Waals surface area contributed by atoms with Crippen LogP contribution in [-0.2, 0) is 68.7 Å². The van der Waals surface area contributed by atoms with Gasteiger partial charge in [-0.25, -0.2) is 0 Å². The molecule has 0 aromatic heterocycles. The van der Waals surface area contributed by atoms with Crippen LogP contribution in [0.25, 0.3) is 0 Å². The van der Waals surface area contributed by atoms with Gasteiger partial charge in [0.05, 0.1) is 25.7 Å². The number of amides is 12. The Bertz CT molecular complexity index is 2340. The van der Waals surface area contributed by atoms with Crippen LogP contribution in [-0.4, -0.2) is 147 Å². The fourth-order valence-corrected chi connectivity index (χ4v) is 9.25. The van der Waals surface area contributed by atoms with Gasteiger partial charge >= 0.3 is 5.97 Å². The third-order valence-corrected chi connectivity index (χ3v) is 13.8. The number of nitrogens with one attached hydrogen (secondary N) is 7. The fourth-order valence-electron chi connectivity index (χ4n) is 9.25. The number of nitrogens with zero attached hydrogens (tertiary/aromatic N) is 1. The van der Waals surface area contributed by atoms with E-state index in [1.807, 2.05) is 0 Å². The van der Waals surface area contributed by atoms with Gasteiger partial charge in [0.1, 0.15) is 48.0 Å². The van der Waals surface area contributed by atoms with Crippen LogP contribution >= 0.6 is 0 Å². The molecule has 0 radical (unpaired) electrons. The largest absolute Gasteiger partial charge is 0.508 e. The number of primary amides is 4. The van der Waals surface area contributed by atoms with E-state index in [2.05, 4.69) is 51.1 Å². The number of aliphatic carboxylic acids is 1. The first-order chi connectivity index (χ1) is 37.4. The summed E-state index contributed by atoms with van der Waals surface area (Å²) in [5, 5.41) is 36.7. The van der Waals surface area contributed by atoms with Crippen molar-refractivity contribution >= 4 is 76.9 Å². The number of aromatic hydroxyl groups is 1. The lowest BCUT2D eigenvalue weighted by Crippen LogP contribution is -2.60. The van der Waals surface area contributed by atoms with E-state index < -0.39 is 177 Å². The maximum absolute atomic E-state index is 14.3. The van der Waals surface area contributed by atoms with Crippen LogP contribution in [0.15, 0.2) is 24.3 Å². The summed E-state index contributed by atoms with van der Waals surface area (Å²) in [4.78, 5) is 175. The molecule has 9 atom stereocenters. The normalized spacial score (nSPS) is 23.6. The summed E-state index contributed by atoms with van der Waals surface area (Å²) in [5.41, 5.74) is 22.2. The van der Waals surface area contributed by atoms with Gasteiger partial charge in [0.2, 0.25) is 70.9 Å². The molecule has 17 N–H and O–H groups in total. The molecule has 2 fully saturated rings. The molecule has 0 bridgehead atoms. The number of carboxylic acids is 1. The van der Waals surface area contributed by atoms with Crippen LogP contribution in [0.3, 0.4) is 0 Å². The molecule has 0 spiro atoms. The van der Waals surface area contributed by atoms with E-state index in [0.29, 0.717) is 24.3 Å². The predicted octanol–water partition coefficient (Wildman–Crippen LogP) is -1.96. The standard InChI is InChI=1S/C52H80N12O15/c1-3-29(2)13-10-8-6-4-5-7-9-11-14-31-24-44(70)58-38(28-45(71)72)50(77)60-34(23-30-16-18-32(65)19-17-30)47(74)62-36(26-42(55)68)48(75)59-33(20-21-40(53)66)52(79)64-22-12-15-39(64)51(78)63-37(27-43(56)69)49(76)61-35(25-41(54)67)46(73)57-31/h16-19,29,31,33-39,65H,3-15,20-28H2,1-2H3,(H2,53,66)(H2,54,67)(H2,55,68)(H2,56,69)(H,57,73)(H,58,70)(H,59,75)(H,60,77)(H,61,76)(H,62,74)(H,63,78)(H,71,72)/t29?,31-,33-,34+,35-,36+,37+,38-,39+/m0/s1. The van der Waals surface area contributed by atoms with E-state index in [-0.39, 0.29) is 31.6 Å². The van der Waals surface area contributed by atoms with Gasteiger partial charge < -0.3 is 75.3 Å². The minimum Gasteiger partial charge on any atom is -0.508 e. The summed E-state index contributed by atoms with van der Waals surface area (Å²) in [5.74, 6) is -14.0. The first-order valence-corrected chi connectivity index (χ1v) is 26.9. The summed E-state index contributed by atoms with van der Waals surface area (Å²) in [6, 6.07) is -7.96. The average Bonchev–Trinajstić information content (AvgIpc) is 3.87. The number of rotatable bonds is 25. The molecule has 1 unspecified atom stereocenters. The zero-order valence-corrected chi connectivity index (χ0v) is 45.0. The minimum absolute atomic E-state index is 0.0268. The predicted molar refractivity (Wildman–Crippen MR) is 282 cm³/mol. The summed E-state index contributed by atoms with van der Waals surface area (Å²) in [6.07, 6.45) is 4.11. The van der Waals surface area contributed by atoms with Crippen molar-refractivity contribution in [1.29, 1.82) is 0 Å². The molecule has 3 rings (SSSR count). The number of hydrogen-bond acceptors (Lipinski definition) is 14. The van der Waals surface area contributed by atoms with Crippen molar-refractivity contribution in [2.75, 3.05) is 6.54 Å². The minimum atomic E-state index is -1.90. The summed E-state index contributed by atoms with van der Waals surface area (Å²) in [6.45, 7) is 4.27. The summed E-state index contributed by atoms with van der Waals surface area (Å²) >= 11 is 0. The smallest absolute Gasteiger partial charge is 0.305 e. The average molecular weight is 1110 g/mol. The van der Waals surface area contributed by atoms with E-state index >= 15 is 0 Å². The number of unbranched alkanes of at least 4 members (excludes halogenated alkanes) is 7. The molecular weight excluding hydrogens is 1030 g/mol. The van der Waals surface area contributed by atoms with Gasteiger partial charge in [0.15, 0.2) is 0 Å². The Labute approximate surface area is 458 Å². The number of carboxylic acid groups (broad SMARTS) is 1. The maximum atomic E-state index is 14.3. The van der Waals surface area contributed by atoms with Crippen molar-refractivity contribution < 1.29 is 72.5 Å². The molecule has 2 heterocycles. The lowest BCUT2D eigenvalue weighted by Gasteiger charge is -2.31. The second kappa shape index (κ2) is 33.4. The number of phenols is 1. The molecular formula is C52H80N12O15. The third kappa shape index (κ3) is 24.1. The molecule has 79 heavy (non-hydrogen) atoms. The van der Waals surface area contributed by atoms with Crippen LogP contribution < -0.4 is 60.2 Å². The van der Waals surface area contributed by atoms with Gasteiger partial charge in [-0.15, -0.1) is 0 Å². The number of carbonyl (C=O) groups excluding carboxylic acids is 12. The van der Waals surface area contributed by atoms with Crippen LogP contribution in [0.1, 0.15) is 148 Å². The van der Waals surface area contributed by atoms with Gasteiger partial charge in [-0.1, -0.05) is 90.2 Å². The maximum Gasteiger partial charge on any atom is 0.305 e. The summed E-state index contributed by atoms with van der Waals surface area (Å²) in [7, 11) is 0. The third-order valence-electron chi connectivity index (χ3n) is 13.8. The Morgan fingerprint density at radius 3 is 1.53 bits per heavy atom. The second-order valence-electron chi connectivity index (χ2n) is 20.4. The van der Waals surface area contributed by atoms with Crippen molar-refractivity contribution in [3.05, 3.63) is 29.8 Å². The zero-order chi connectivity index (χ0) is 58.8. The molecule has 2 aliphatic heterocycles. The van der Waals surface area contributed by atoms with E-state index in [4.69, 9.17) is 22.9 Å². The molecule has 1 aromatic carbocycles. The van der Waals surface area contributed by atoms with Crippen molar-refractivity contribution in [2.24, 2.45) is 28.9 Å². The number of hydrogen-bond donors (Lipinski definition) is 13. The quantitative estimate of drug-likeness (QED) is 0.0473. The van der Waals surface area contributed by atoms with Crippen LogP contribution in [0.4, 0.5) is 0 Å². The molecule has 0 aliphatic carbocycles. The monoisotopic (exact) mass is 1110 g/mol. The highest BCUT2D eigenvalue weighted by Crippen LogP contribution is 2.22. The number of phenolic OH excluding ortho intramolecular Hbond substituents is 1. The summed E-state index contributed by atoms with van der Waals surface area (Å²) < 4.78 is 0. The molecule has 27 heteroatoms. The lowest BCUT2D eigenvalue weighted by molar-refractivity contribution is -0.143. The number of nitrogens with two attached hydrogens (primary N) is 4. The number of carbonyl (C=O) groups is 13. The Kier molecular flexibility index (Phi) is 27.7. The first-order valence-electron chi connectivity index (χ1n) is 26.9. The topological polar surface area (TPSA) is 454 Å². The van der Waals surface area contributed by atoms with E-state index in [1.54, 1.807) is 0 Å². The van der Waals surface area contributed by atoms with Crippen molar-refractivity contribution in [2.45, 2.75) is 197 Å². The zero-order valence-electron chi connectivity index (χ0n) is 45.0. The molecule has 2 saturated heterocycles. The van der Waals surface area contributed by atoms with Crippen LogP contribution in [0, 0.1) is 5.92 Å². The molecule has 438 valence electrons. The highest BCUT2D eigenvalue weighted by Gasteiger charge is 2.41. The molecule has 27 nitrogen and oxygen atoms in total. The van der Waals surface area contributed by atoms with Gasteiger partial charge in [0.25, 0.3) is 0 Å². The molecule has 12 amide bonds. The van der Waals surface area contributed by atoms with E-state index in [9.17, 15) is 72.5 Å². The van der Waals surface area contributed by atoms with Gasteiger partial charge in [-0.2, -0.15) is 0 Å². The molecule has 2 aliphatic rings.